The highest BCUT2D eigenvalue weighted by Gasteiger charge is 2.51. The van der Waals surface area contributed by atoms with Crippen LogP contribution in [0.3, 0.4) is 0 Å². The Morgan fingerprint density at radius 2 is 1.89 bits per heavy atom. The fourth-order valence-electron chi connectivity index (χ4n) is 10.2. The second-order valence-corrected chi connectivity index (χ2v) is 17.3. The molecule has 5 unspecified atom stereocenters. The number of piperidine rings is 1. The number of halogens is 2. The van der Waals surface area contributed by atoms with E-state index in [4.69, 9.17) is 45.5 Å². The first-order valence-corrected chi connectivity index (χ1v) is 20.1. The minimum absolute atomic E-state index is 0.0379. The summed E-state index contributed by atoms with van der Waals surface area (Å²) in [5.41, 5.74) is 1.02. The lowest BCUT2D eigenvalue weighted by atomic mass is 9.74. The number of nitrogens with one attached hydrogen (secondary N) is 1. The van der Waals surface area contributed by atoms with Crippen LogP contribution in [0.15, 0.2) is 12.3 Å². The van der Waals surface area contributed by atoms with Gasteiger partial charge in [-0.1, -0.05) is 18.0 Å². The second kappa shape index (κ2) is 14.0. The average molecular weight is 764 g/mol. The van der Waals surface area contributed by atoms with E-state index in [0.29, 0.717) is 59.1 Å². The molecule has 6 heterocycles. The summed E-state index contributed by atoms with van der Waals surface area (Å²) in [6.07, 6.45) is 11.6. The van der Waals surface area contributed by atoms with E-state index >= 15 is 4.39 Å². The number of benzene rings is 1. The normalized spacial score (nSPS) is 30.8. The number of H-pyrrole nitrogens is 1. The fraction of sp³-hybridized carbons (Fsp3) is 0.650. The van der Waals surface area contributed by atoms with Crippen molar-refractivity contribution in [3.63, 3.8) is 0 Å². The van der Waals surface area contributed by atoms with Crippen LogP contribution in [0.1, 0.15) is 90.0 Å². The quantitative estimate of drug-likeness (QED) is 0.197. The summed E-state index contributed by atoms with van der Waals surface area (Å²) < 4.78 is 42.1. The van der Waals surface area contributed by atoms with E-state index in [1.165, 1.54) is 7.11 Å². The van der Waals surface area contributed by atoms with Gasteiger partial charge in [-0.2, -0.15) is 15.1 Å². The molecule has 2 saturated carbocycles. The van der Waals surface area contributed by atoms with E-state index in [1.54, 1.807) is 13.1 Å². The molecule has 2 aliphatic carbocycles. The molecule has 5 fully saturated rings. The van der Waals surface area contributed by atoms with Gasteiger partial charge in [-0.15, -0.1) is 0 Å². The molecule has 9 rings (SSSR count). The number of aromatic amines is 1. The highest BCUT2D eigenvalue weighted by molar-refractivity contribution is 6.33. The Morgan fingerprint density at radius 1 is 1.09 bits per heavy atom. The molecule has 12 nitrogen and oxygen atoms in total. The maximum atomic E-state index is 17.5. The van der Waals surface area contributed by atoms with E-state index in [-0.39, 0.29) is 59.8 Å². The third kappa shape index (κ3) is 6.47. The van der Waals surface area contributed by atoms with Crippen molar-refractivity contribution < 1.29 is 28.4 Å². The molecule has 0 amide bonds. The molecule has 5 aliphatic rings. The number of anilines is 1. The van der Waals surface area contributed by atoms with Gasteiger partial charge < -0.3 is 29.0 Å². The summed E-state index contributed by atoms with van der Waals surface area (Å²) >= 11 is 6.89. The first-order chi connectivity index (χ1) is 26.0. The Labute approximate surface area is 320 Å². The summed E-state index contributed by atoms with van der Waals surface area (Å²) in [6.45, 7) is 8.74. The Hall–Kier alpha value is -3.36. The van der Waals surface area contributed by atoms with Gasteiger partial charge in [-0.3, -0.25) is 10.00 Å². The molecule has 54 heavy (non-hydrogen) atoms. The highest BCUT2D eigenvalue weighted by atomic mass is 35.5. The highest BCUT2D eigenvalue weighted by Crippen LogP contribution is 2.52. The molecular weight excluding hydrogens is 713 g/mol. The Morgan fingerprint density at radius 3 is 2.67 bits per heavy atom. The van der Waals surface area contributed by atoms with E-state index in [2.05, 4.69) is 28.9 Å². The number of likely N-dealkylation sites (tertiary alicyclic amines) is 1. The summed E-state index contributed by atoms with van der Waals surface area (Å²) in [5, 5.41) is 20.1. The zero-order chi connectivity index (χ0) is 37.4. The smallest absolute Gasteiger partial charge is 0.319 e. The zero-order valence-corrected chi connectivity index (χ0v) is 32.4. The molecule has 3 aromatic heterocycles. The van der Waals surface area contributed by atoms with E-state index in [0.717, 1.165) is 75.3 Å². The van der Waals surface area contributed by atoms with E-state index in [1.807, 2.05) is 11.0 Å². The van der Waals surface area contributed by atoms with Crippen LogP contribution in [-0.2, 0) is 9.47 Å². The van der Waals surface area contributed by atoms with Gasteiger partial charge in [-0.25, -0.2) is 9.37 Å². The number of β-amino-alcohol motifs (C(OH)–C–C–N with tert-alkyl or cyclic N) is 1. The SMILES string of the molecule is COc1nc(-c2c(C3CC3)c(Cl)cc3[nH]ncc23)c(F)c2nc(OCC34CCCC3N(C3CC(C)OC(C)C3)CCC4)nc(N3CCOCC(C)(O)C3)c12. The Kier molecular flexibility index (Phi) is 9.40. The van der Waals surface area contributed by atoms with Crippen molar-refractivity contribution in [2.45, 2.75) is 114 Å². The number of hydrogen-bond donors (Lipinski definition) is 2. The number of aromatic nitrogens is 5. The van der Waals surface area contributed by atoms with E-state index < -0.39 is 11.4 Å². The van der Waals surface area contributed by atoms with Gasteiger partial charge in [0.2, 0.25) is 5.88 Å². The molecule has 5 atom stereocenters. The van der Waals surface area contributed by atoms with Crippen molar-refractivity contribution in [1.82, 2.24) is 30.0 Å². The molecule has 3 saturated heterocycles. The zero-order valence-electron chi connectivity index (χ0n) is 31.7. The summed E-state index contributed by atoms with van der Waals surface area (Å²) in [4.78, 5) is 19.4. The number of hydrogen-bond acceptors (Lipinski definition) is 11. The molecular formula is C40H51ClFN7O5. The minimum Gasteiger partial charge on any atom is -0.480 e. The topological polar surface area (TPSA) is 131 Å². The predicted octanol–water partition coefficient (Wildman–Crippen LogP) is 6.80. The number of nitrogens with zero attached hydrogens (tertiary/aromatic N) is 6. The van der Waals surface area contributed by atoms with Crippen LogP contribution >= 0.6 is 11.6 Å². The maximum absolute atomic E-state index is 17.5. The Balaban J connectivity index is 1.16. The third-order valence-electron chi connectivity index (χ3n) is 12.6. The second-order valence-electron chi connectivity index (χ2n) is 16.8. The van der Waals surface area contributed by atoms with Crippen molar-refractivity contribution in [3.8, 4) is 23.1 Å². The fourth-order valence-corrected chi connectivity index (χ4v) is 10.6. The summed E-state index contributed by atoms with van der Waals surface area (Å²) in [6, 6.07) is 2.81. The van der Waals surface area contributed by atoms with Gasteiger partial charge in [0.25, 0.3) is 0 Å². The van der Waals surface area contributed by atoms with E-state index in [9.17, 15) is 5.11 Å². The van der Waals surface area contributed by atoms with Crippen molar-refractivity contribution in [2.75, 3.05) is 51.5 Å². The molecule has 14 heteroatoms. The van der Waals surface area contributed by atoms with Gasteiger partial charge in [0, 0.05) is 40.0 Å². The predicted molar refractivity (Wildman–Crippen MR) is 204 cm³/mol. The first kappa shape index (κ1) is 36.3. The molecule has 0 bridgehead atoms. The number of fused-ring (bicyclic) bond motifs is 3. The lowest BCUT2D eigenvalue weighted by Gasteiger charge is -2.51. The van der Waals surface area contributed by atoms with Gasteiger partial charge in [0.15, 0.2) is 5.82 Å². The molecule has 0 radical (unpaired) electrons. The average Bonchev–Trinajstić information content (AvgIpc) is 3.76. The van der Waals surface area contributed by atoms with Crippen LogP contribution < -0.4 is 14.4 Å². The lowest BCUT2D eigenvalue weighted by Crippen LogP contribution is -2.57. The third-order valence-corrected chi connectivity index (χ3v) is 12.9. The van der Waals surface area contributed by atoms with Crippen molar-refractivity contribution in [1.29, 1.82) is 0 Å². The lowest BCUT2D eigenvalue weighted by molar-refractivity contribution is -0.0967. The minimum atomic E-state index is -1.18. The molecule has 0 spiro atoms. The van der Waals surface area contributed by atoms with Gasteiger partial charge in [-0.05, 0) is 96.2 Å². The summed E-state index contributed by atoms with van der Waals surface area (Å²) in [5.74, 6) is 0.124. The number of ether oxygens (including phenoxy) is 4. The number of methoxy groups -OCH3 is 1. The largest absolute Gasteiger partial charge is 0.480 e. The maximum Gasteiger partial charge on any atom is 0.319 e. The molecule has 290 valence electrons. The monoisotopic (exact) mass is 763 g/mol. The van der Waals surface area contributed by atoms with Crippen LogP contribution in [0.25, 0.3) is 33.1 Å². The van der Waals surface area contributed by atoms with Gasteiger partial charge >= 0.3 is 6.01 Å². The molecule has 4 aromatic rings. The van der Waals surface area contributed by atoms with Crippen molar-refractivity contribution >= 4 is 39.2 Å². The van der Waals surface area contributed by atoms with Crippen molar-refractivity contribution in [2.24, 2.45) is 5.41 Å². The van der Waals surface area contributed by atoms with Crippen LogP contribution in [0.2, 0.25) is 5.02 Å². The van der Waals surface area contributed by atoms with Crippen LogP contribution in [-0.4, -0.2) is 112 Å². The molecule has 1 aromatic carbocycles. The Bertz CT molecular complexity index is 2050. The van der Waals surface area contributed by atoms with Gasteiger partial charge in [0.05, 0.1) is 57.4 Å². The van der Waals surface area contributed by atoms with Crippen LogP contribution in [0.4, 0.5) is 10.2 Å². The number of aliphatic hydroxyl groups is 1. The van der Waals surface area contributed by atoms with Gasteiger partial charge in [0.1, 0.15) is 28.0 Å². The standard InChI is InChI=1S/C40H51ClFN7O5/c1-22-15-25(16-23(2)54-22)49-12-6-11-40(10-5-7-29(40)49)21-53-38-45-35-32(36(46-38)48-13-14-52-20-39(3,50)19-48)37(51-4)44-34(33(35)42)31-26-18-43-47-28(26)17-27(41)30(31)24-8-9-24/h17-18,22-25,29,50H,5-16,19-21H2,1-4H3,(H,43,47). The number of pyridine rings is 1. The molecule has 3 aliphatic heterocycles. The summed E-state index contributed by atoms with van der Waals surface area (Å²) in [7, 11) is 1.51. The molecule has 2 N–H and O–H groups in total. The van der Waals surface area contributed by atoms with Crippen LogP contribution in [0, 0.1) is 11.2 Å². The first-order valence-electron chi connectivity index (χ1n) is 19.7. The van der Waals surface area contributed by atoms with Crippen LogP contribution in [0.5, 0.6) is 11.9 Å². The number of rotatable bonds is 8. The van der Waals surface area contributed by atoms with Crippen molar-refractivity contribution in [3.05, 3.63) is 28.7 Å².